The van der Waals surface area contributed by atoms with E-state index in [-0.39, 0.29) is 18.7 Å². The van der Waals surface area contributed by atoms with Crippen LogP contribution in [-0.2, 0) is 16.5 Å². The summed E-state index contributed by atoms with van der Waals surface area (Å²) >= 11 is 0. The molecule has 2 saturated heterocycles. The smallest absolute Gasteiger partial charge is 0.410 e. The summed E-state index contributed by atoms with van der Waals surface area (Å²) in [7, 11) is 3.42. The maximum Gasteiger partial charge on any atom is 0.410 e. The zero-order valence-corrected chi connectivity index (χ0v) is 23.5. The lowest BCUT2D eigenvalue weighted by atomic mass is 9.82. The van der Waals surface area contributed by atoms with Gasteiger partial charge in [-0.3, -0.25) is 9.58 Å². The largest absolute Gasteiger partial charge is 0.470 e. The number of piperidine rings is 2. The van der Waals surface area contributed by atoms with Crippen LogP contribution in [0, 0.1) is 0 Å². The number of ether oxygens (including phenoxy) is 4. The predicted molar refractivity (Wildman–Crippen MR) is 146 cm³/mol. The van der Waals surface area contributed by atoms with E-state index >= 15 is 4.39 Å². The van der Waals surface area contributed by atoms with Gasteiger partial charge in [0.05, 0.1) is 17.9 Å². The van der Waals surface area contributed by atoms with Crippen molar-refractivity contribution in [2.45, 2.75) is 76.4 Å². The van der Waals surface area contributed by atoms with E-state index < -0.39 is 30.0 Å². The molecule has 0 saturated carbocycles. The number of hydrogen-bond acceptors (Lipinski definition) is 8. The van der Waals surface area contributed by atoms with Gasteiger partial charge in [-0.2, -0.15) is 5.10 Å². The van der Waals surface area contributed by atoms with Gasteiger partial charge in [-0.15, -0.1) is 10.2 Å². The quantitative estimate of drug-likeness (QED) is 0.369. The fourth-order valence-electron chi connectivity index (χ4n) is 5.42. The Balaban J connectivity index is 1.31. The minimum absolute atomic E-state index is 0.0698. The fraction of sp³-hybridized carbons (Fsp3) is 0.517. The van der Waals surface area contributed by atoms with E-state index in [1.165, 1.54) is 0 Å². The van der Waals surface area contributed by atoms with E-state index in [0.29, 0.717) is 24.3 Å². The topological polar surface area (TPSA) is 101 Å². The molecule has 1 aromatic carbocycles. The molecule has 40 heavy (non-hydrogen) atoms. The van der Waals surface area contributed by atoms with Gasteiger partial charge in [0, 0.05) is 50.0 Å². The lowest BCUT2D eigenvalue weighted by molar-refractivity contribution is -0.0802. The molecule has 10 nitrogen and oxygen atoms in total. The van der Waals surface area contributed by atoms with Crippen molar-refractivity contribution in [2.24, 2.45) is 7.05 Å². The average Bonchev–Trinajstić information content (AvgIpc) is 3.36. The van der Waals surface area contributed by atoms with Crippen molar-refractivity contribution in [3.8, 4) is 34.0 Å². The van der Waals surface area contributed by atoms with Crippen LogP contribution in [0.1, 0.15) is 46.5 Å². The van der Waals surface area contributed by atoms with Crippen molar-refractivity contribution >= 4 is 6.09 Å². The van der Waals surface area contributed by atoms with Crippen molar-refractivity contribution in [3.05, 3.63) is 42.7 Å². The Kier molecular flexibility index (Phi) is 7.93. The molecule has 11 heteroatoms. The van der Waals surface area contributed by atoms with Gasteiger partial charge >= 0.3 is 6.09 Å². The molecule has 2 aliphatic heterocycles. The number of hydrogen-bond donors (Lipinski definition) is 0. The molecule has 4 heterocycles. The van der Waals surface area contributed by atoms with Crippen LogP contribution in [0.25, 0.3) is 22.4 Å². The van der Waals surface area contributed by atoms with Crippen LogP contribution >= 0.6 is 0 Å². The molecular formula is C29H36FN5O5. The van der Waals surface area contributed by atoms with E-state index in [4.69, 9.17) is 18.9 Å². The highest BCUT2D eigenvalue weighted by molar-refractivity contribution is 5.74. The van der Waals surface area contributed by atoms with E-state index in [1.54, 1.807) is 35.0 Å². The number of rotatable bonds is 7. The van der Waals surface area contributed by atoms with Crippen molar-refractivity contribution in [2.75, 3.05) is 13.9 Å². The van der Waals surface area contributed by atoms with Gasteiger partial charge in [0.25, 0.3) is 0 Å². The molecule has 214 valence electrons. The first kappa shape index (κ1) is 27.8. The van der Waals surface area contributed by atoms with E-state index in [0.717, 1.165) is 29.5 Å². The molecule has 0 unspecified atom stereocenters. The fourth-order valence-corrected chi connectivity index (χ4v) is 5.42. The third-order valence-corrected chi connectivity index (χ3v) is 7.16. The van der Waals surface area contributed by atoms with Crippen LogP contribution < -0.4 is 9.47 Å². The van der Waals surface area contributed by atoms with Gasteiger partial charge < -0.3 is 18.9 Å². The highest BCUT2D eigenvalue weighted by atomic mass is 19.1. The molecule has 0 aliphatic carbocycles. The number of carbonyl (C=O) groups is 1. The third-order valence-electron chi connectivity index (χ3n) is 7.16. The van der Waals surface area contributed by atoms with Crippen LogP contribution in [0.5, 0.6) is 11.6 Å². The highest BCUT2D eigenvalue weighted by Crippen LogP contribution is 2.39. The standard InChI is InChI=1S/C29H36FN5O5/c1-29(2,3)40-28(36)35-20-7-6-8-23(35)27(30)25(14-20)39-26-12-11-22(32-33-26)21-10-9-18(13-24(21)38-17-37-5)19-15-31-34(4)16-19/h9-13,15-16,20,23,25,27H,6-8,14,17H2,1-5H3/t20-,23+,25-,27+/m0/s1. The van der Waals surface area contributed by atoms with Crippen molar-refractivity contribution in [1.29, 1.82) is 0 Å². The number of amides is 1. The maximum absolute atomic E-state index is 15.7. The Labute approximate surface area is 233 Å². The molecule has 2 aliphatic rings. The van der Waals surface area contributed by atoms with Crippen LogP contribution in [0.3, 0.4) is 0 Å². The molecular weight excluding hydrogens is 517 g/mol. The second-order valence-corrected chi connectivity index (χ2v) is 11.3. The summed E-state index contributed by atoms with van der Waals surface area (Å²) in [5.41, 5.74) is 2.55. The van der Waals surface area contributed by atoms with Gasteiger partial charge in [-0.05, 0) is 63.8 Å². The predicted octanol–water partition coefficient (Wildman–Crippen LogP) is 5.17. The number of carbonyl (C=O) groups excluding carboxylic acids is 1. The van der Waals surface area contributed by atoms with Gasteiger partial charge in [0.2, 0.25) is 5.88 Å². The number of methoxy groups -OCH3 is 1. The van der Waals surface area contributed by atoms with Crippen LogP contribution in [-0.4, -0.2) is 74.8 Å². The molecule has 0 spiro atoms. The first-order valence-corrected chi connectivity index (χ1v) is 13.5. The van der Waals surface area contributed by atoms with E-state index in [1.807, 2.05) is 52.2 Å². The number of aromatic nitrogens is 4. The number of fused-ring (bicyclic) bond motifs is 2. The molecule has 0 N–H and O–H groups in total. The van der Waals surface area contributed by atoms with Gasteiger partial charge in [-0.25, -0.2) is 9.18 Å². The molecule has 1 amide bonds. The molecule has 2 fully saturated rings. The second-order valence-electron chi connectivity index (χ2n) is 11.3. The summed E-state index contributed by atoms with van der Waals surface area (Å²) in [6.07, 6.45) is 3.74. The number of nitrogens with zero attached hydrogens (tertiary/aromatic N) is 5. The SMILES string of the molecule is COCOc1cc(-c2cnn(C)c2)ccc1-c1ccc(O[C@H]2C[C@@H]3CCC[C@H]([C@H]2F)N3C(=O)OC(C)(C)C)nn1. The van der Waals surface area contributed by atoms with Crippen molar-refractivity contribution < 1.29 is 28.1 Å². The first-order chi connectivity index (χ1) is 19.1. The van der Waals surface area contributed by atoms with Crippen molar-refractivity contribution in [3.63, 3.8) is 0 Å². The number of alkyl halides is 1. The summed E-state index contributed by atoms with van der Waals surface area (Å²) < 4.78 is 40.0. The van der Waals surface area contributed by atoms with Gasteiger partial charge in [0.1, 0.15) is 17.5 Å². The van der Waals surface area contributed by atoms with Crippen molar-refractivity contribution in [1.82, 2.24) is 24.9 Å². The van der Waals surface area contributed by atoms with Gasteiger partial charge in [0.15, 0.2) is 13.0 Å². The number of benzene rings is 1. The van der Waals surface area contributed by atoms with Gasteiger partial charge in [-0.1, -0.05) is 6.07 Å². The zero-order valence-electron chi connectivity index (χ0n) is 23.5. The molecule has 4 atom stereocenters. The minimum atomic E-state index is -1.36. The number of halogens is 1. The molecule has 2 bridgehead atoms. The Morgan fingerprint density at radius 1 is 1.12 bits per heavy atom. The first-order valence-electron chi connectivity index (χ1n) is 13.5. The molecule has 5 rings (SSSR count). The zero-order chi connectivity index (χ0) is 28.4. The molecule has 0 radical (unpaired) electrons. The third kappa shape index (κ3) is 6.04. The van der Waals surface area contributed by atoms with Crippen LogP contribution in [0.2, 0.25) is 0 Å². The average molecular weight is 554 g/mol. The Hall–Kier alpha value is -3.73. The summed E-state index contributed by atoms with van der Waals surface area (Å²) in [4.78, 5) is 14.4. The summed E-state index contributed by atoms with van der Waals surface area (Å²) in [5.74, 6) is 0.809. The van der Waals surface area contributed by atoms with Crippen LogP contribution in [0.4, 0.5) is 9.18 Å². The van der Waals surface area contributed by atoms with E-state index in [9.17, 15) is 4.79 Å². The van der Waals surface area contributed by atoms with Crippen LogP contribution in [0.15, 0.2) is 42.7 Å². The number of aryl methyl sites for hydroxylation is 1. The molecule has 2 aromatic heterocycles. The van der Waals surface area contributed by atoms with E-state index in [2.05, 4.69) is 15.3 Å². The highest BCUT2D eigenvalue weighted by Gasteiger charge is 2.49. The summed E-state index contributed by atoms with van der Waals surface area (Å²) in [6.45, 7) is 5.51. The lowest BCUT2D eigenvalue weighted by Crippen LogP contribution is -2.63. The maximum atomic E-state index is 15.7. The summed E-state index contributed by atoms with van der Waals surface area (Å²) in [5, 5.41) is 12.8. The Bertz CT molecular complexity index is 1330. The summed E-state index contributed by atoms with van der Waals surface area (Å²) in [6, 6.07) is 8.50. The monoisotopic (exact) mass is 553 g/mol. The lowest BCUT2D eigenvalue weighted by Gasteiger charge is -2.49. The Morgan fingerprint density at radius 2 is 1.95 bits per heavy atom. The normalized spacial score (nSPS) is 22.6. The Morgan fingerprint density at radius 3 is 2.62 bits per heavy atom. The molecule has 3 aromatic rings. The second kappa shape index (κ2) is 11.4. The minimum Gasteiger partial charge on any atom is -0.470 e.